The van der Waals surface area contributed by atoms with Gasteiger partial charge in [-0.25, -0.2) is 4.79 Å². The number of anilines is 1. The standard InChI is InChI=1S/C20H29NO4/c1-19(2,3)25-18(24)20(4,5)15-12-9-13-21(16(15)17(22)23)14-10-7-6-8-11-14/h6-8,10-11,15-16H,9,12-13H2,1-5H3,(H,22,23). The molecule has 25 heavy (non-hydrogen) atoms. The Morgan fingerprint density at radius 2 is 1.72 bits per heavy atom. The van der Waals surface area contributed by atoms with Crippen molar-refractivity contribution >= 4 is 17.6 Å². The molecule has 5 nitrogen and oxygen atoms in total. The molecule has 0 aromatic heterocycles. The summed E-state index contributed by atoms with van der Waals surface area (Å²) >= 11 is 0. The normalized spacial score (nSPS) is 21.7. The third-order valence-corrected chi connectivity index (χ3v) is 4.82. The van der Waals surface area contributed by atoms with E-state index in [9.17, 15) is 14.7 Å². The first-order chi connectivity index (χ1) is 11.5. The molecule has 1 aromatic rings. The lowest BCUT2D eigenvalue weighted by atomic mass is 9.70. The molecule has 1 aliphatic rings. The molecule has 2 unspecified atom stereocenters. The largest absolute Gasteiger partial charge is 0.480 e. The van der Waals surface area contributed by atoms with Gasteiger partial charge in [-0.1, -0.05) is 18.2 Å². The number of esters is 1. The van der Waals surface area contributed by atoms with E-state index in [0.29, 0.717) is 13.0 Å². The van der Waals surface area contributed by atoms with Crippen LogP contribution in [0.2, 0.25) is 0 Å². The second-order valence-corrected chi connectivity index (χ2v) is 8.28. The number of hydrogen-bond donors (Lipinski definition) is 1. The molecule has 0 amide bonds. The summed E-state index contributed by atoms with van der Waals surface area (Å²) in [5.74, 6) is -1.56. The maximum atomic E-state index is 12.8. The lowest BCUT2D eigenvalue weighted by molar-refractivity contribution is -0.171. The van der Waals surface area contributed by atoms with E-state index in [1.165, 1.54) is 0 Å². The van der Waals surface area contributed by atoms with Crippen LogP contribution in [0, 0.1) is 11.3 Å². The lowest BCUT2D eigenvalue weighted by Gasteiger charge is -2.46. The third-order valence-electron chi connectivity index (χ3n) is 4.82. The van der Waals surface area contributed by atoms with Gasteiger partial charge in [-0.05, 0) is 59.6 Å². The Labute approximate surface area is 150 Å². The minimum absolute atomic E-state index is 0.325. The van der Waals surface area contributed by atoms with E-state index < -0.39 is 23.0 Å². The van der Waals surface area contributed by atoms with Crippen LogP contribution < -0.4 is 4.90 Å². The van der Waals surface area contributed by atoms with Crippen molar-refractivity contribution in [2.45, 2.75) is 59.1 Å². The summed E-state index contributed by atoms with van der Waals surface area (Å²) < 4.78 is 5.57. The molecule has 2 rings (SSSR count). The highest BCUT2D eigenvalue weighted by atomic mass is 16.6. The molecule has 1 aromatic carbocycles. The summed E-state index contributed by atoms with van der Waals surface area (Å²) in [5.41, 5.74) is -0.607. The molecule has 0 spiro atoms. The van der Waals surface area contributed by atoms with Crippen LogP contribution in [-0.4, -0.2) is 35.2 Å². The number of carbonyl (C=O) groups is 2. The molecule has 0 bridgehead atoms. The Balaban J connectivity index is 2.34. The van der Waals surface area contributed by atoms with Gasteiger partial charge in [0.25, 0.3) is 0 Å². The van der Waals surface area contributed by atoms with Gasteiger partial charge in [0, 0.05) is 18.2 Å². The SMILES string of the molecule is CC(C)(C)OC(=O)C(C)(C)C1CCCN(c2ccccc2)C1C(=O)O. The molecule has 1 heterocycles. The van der Waals surface area contributed by atoms with Gasteiger partial charge in [0.15, 0.2) is 0 Å². The van der Waals surface area contributed by atoms with Crippen LogP contribution >= 0.6 is 0 Å². The second kappa shape index (κ2) is 7.06. The number of aliphatic carboxylic acids is 1. The van der Waals surface area contributed by atoms with Gasteiger partial charge in [0.05, 0.1) is 5.41 Å². The highest BCUT2D eigenvalue weighted by Gasteiger charge is 2.49. The van der Waals surface area contributed by atoms with Gasteiger partial charge in [-0.2, -0.15) is 0 Å². The molecule has 138 valence electrons. The minimum atomic E-state index is -0.898. The van der Waals surface area contributed by atoms with Gasteiger partial charge in [0.2, 0.25) is 0 Å². The summed E-state index contributed by atoms with van der Waals surface area (Å²) in [7, 11) is 0. The maximum absolute atomic E-state index is 12.8. The summed E-state index contributed by atoms with van der Waals surface area (Å²) in [6.45, 7) is 9.75. The molecule has 1 saturated heterocycles. The zero-order valence-corrected chi connectivity index (χ0v) is 15.8. The molecular formula is C20H29NO4. The third kappa shape index (κ3) is 4.33. The van der Waals surface area contributed by atoms with Crippen molar-refractivity contribution in [1.29, 1.82) is 0 Å². The first kappa shape index (κ1) is 19.3. The quantitative estimate of drug-likeness (QED) is 0.841. The van der Waals surface area contributed by atoms with E-state index >= 15 is 0 Å². The van der Waals surface area contributed by atoms with E-state index in [1.54, 1.807) is 13.8 Å². The van der Waals surface area contributed by atoms with E-state index in [1.807, 2.05) is 56.0 Å². The first-order valence-corrected chi connectivity index (χ1v) is 8.82. The second-order valence-electron chi connectivity index (χ2n) is 8.28. The number of piperidine rings is 1. The summed E-state index contributed by atoms with van der Waals surface area (Å²) in [6.07, 6.45) is 1.53. The van der Waals surface area contributed by atoms with E-state index in [-0.39, 0.29) is 11.9 Å². The predicted molar refractivity (Wildman–Crippen MR) is 97.6 cm³/mol. The number of benzene rings is 1. The number of carboxylic acids is 1. The highest BCUT2D eigenvalue weighted by Crippen LogP contribution is 2.41. The summed E-state index contributed by atoms with van der Waals surface area (Å²) in [6, 6.07) is 8.79. The Hall–Kier alpha value is -2.04. The molecule has 2 atom stereocenters. The molecule has 1 N–H and O–H groups in total. The summed E-state index contributed by atoms with van der Waals surface area (Å²) in [4.78, 5) is 26.8. The van der Waals surface area contributed by atoms with Gasteiger partial charge in [0.1, 0.15) is 11.6 Å². The van der Waals surface area contributed by atoms with Gasteiger partial charge in [-0.3, -0.25) is 4.79 Å². The number of hydrogen-bond acceptors (Lipinski definition) is 4. The Morgan fingerprint density at radius 3 is 2.24 bits per heavy atom. The molecule has 1 fully saturated rings. The van der Waals surface area contributed by atoms with Gasteiger partial charge >= 0.3 is 11.9 Å². The van der Waals surface area contributed by atoms with Crippen molar-refractivity contribution in [2.24, 2.45) is 11.3 Å². The van der Waals surface area contributed by atoms with Crippen LogP contribution in [0.15, 0.2) is 30.3 Å². The van der Waals surface area contributed by atoms with E-state index in [0.717, 1.165) is 12.1 Å². The molecule has 0 radical (unpaired) electrons. The van der Waals surface area contributed by atoms with Crippen LogP contribution in [0.1, 0.15) is 47.5 Å². The molecule has 5 heteroatoms. The minimum Gasteiger partial charge on any atom is -0.480 e. The summed E-state index contributed by atoms with van der Waals surface area (Å²) in [5, 5.41) is 9.92. The molecule has 0 saturated carbocycles. The van der Waals surface area contributed by atoms with Crippen LogP contribution in [0.3, 0.4) is 0 Å². The Bertz CT molecular complexity index is 618. The number of carboxylic acid groups (broad SMARTS) is 1. The van der Waals surface area contributed by atoms with Crippen LogP contribution in [0.5, 0.6) is 0 Å². The van der Waals surface area contributed by atoms with Crippen LogP contribution in [-0.2, 0) is 14.3 Å². The number of nitrogens with zero attached hydrogens (tertiary/aromatic N) is 1. The van der Waals surface area contributed by atoms with Gasteiger partial charge < -0.3 is 14.7 Å². The predicted octanol–water partition coefficient (Wildman–Crippen LogP) is 3.72. The van der Waals surface area contributed by atoms with Crippen molar-refractivity contribution < 1.29 is 19.4 Å². The highest BCUT2D eigenvalue weighted by molar-refractivity contribution is 5.83. The molecular weight excluding hydrogens is 318 g/mol. The molecule has 0 aliphatic carbocycles. The van der Waals surface area contributed by atoms with Crippen LogP contribution in [0.4, 0.5) is 5.69 Å². The average Bonchev–Trinajstić information content (AvgIpc) is 2.53. The fourth-order valence-corrected chi connectivity index (χ4v) is 3.53. The Kier molecular flexibility index (Phi) is 5.45. The first-order valence-electron chi connectivity index (χ1n) is 8.82. The average molecular weight is 347 g/mol. The van der Waals surface area contributed by atoms with E-state index in [4.69, 9.17) is 4.74 Å². The Morgan fingerprint density at radius 1 is 1.12 bits per heavy atom. The smallest absolute Gasteiger partial charge is 0.326 e. The van der Waals surface area contributed by atoms with Crippen molar-refractivity contribution in [2.75, 3.05) is 11.4 Å². The van der Waals surface area contributed by atoms with Crippen molar-refractivity contribution in [3.63, 3.8) is 0 Å². The van der Waals surface area contributed by atoms with Crippen molar-refractivity contribution in [1.82, 2.24) is 0 Å². The number of rotatable bonds is 4. The van der Waals surface area contributed by atoms with E-state index in [2.05, 4.69) is 0 Å². The maximum Gasteiger partial charge on any atom is 0.326 e. The van der Waals surface area contributed by atoms with Crippen molar-refractivity contribution in [3.8, 4) is 0 Å². The lowest BCUT2D eigenvalue weighted by Crippen LogP contribution is -2.56. The number of para-hydroxylation sites is 1. The fraction of sp³-hybridized carbons (Fsp3) is 0.600. The topological polar surface area (TPSA) is 66.8 Å². The van der Waals surface area contributed by atoms with Crippen LogP contribution in [0.25, 0.3) is 0 Å². The number of ether oxygens (including phenoxy) is 1. The zero-order valence-electron chi connectivity index (χ0n) is 15.8. The number of carbonyl (C=O) groups excluding carboxylic acids is 1. The monoisotopic (exact) mass is 347 g/mol. The molecule has 1 aliphatic heterocycles. The fourth-order valence-electron chi connectivity index (χ4n) is 3.53. The van der Waals surface area contributed by atoms with Gasteiger partial charge in [-0.15, -0.1) is 0 Å². The zero-order chi connectivity index (χ0) is 18.8. The van der Waals surface area contributed by atoms with Crippen molar-refractivity contribution in [3.05, 3.63) is 30.3 Å².